The number of piperidine rings is 1. The molecule has 0 saturated carbocycles. The molecule has 1 aliphatic heterocycles. The van der Waals surface area contributed by atoms with Crippen molar-refractivity contribution in [1.29, 1.82) is 0 Å². The number of benzene rings is 1. The van der Waals surface area contributed by atoms with Crippen LogP contribution in [0.15, 0.2) is 24.3 Å². The molecule has 1 aromatic carbocycles. The van der Waals surface area contributed by atoms with Crippen LogP contribution < -0.4 is 5.32 Å². The summed E-state index contributed by atoms with van der Waals surface area (Å²) in [5.74, 6) is -0.474. The third-order valence-corrected chi connectivity index (χ3v) is 4.59. The summed E-state index contributed by atoms with van der Waals surface area (Å²) in [6.07, 6.45) is 3.56. The molecule has 1 fully saturated rings. The van der Waals surface area contributed by atoms with Gasteiger partial charge in [0.1, 0.15) is 0 Å². The maximum absolute atomic E-state index is 11.0. The summed E-state index contributed by atoms with van der Waals surface area (Å²) in [5, 5.41) is 12.5. The molecular formula is C15H20ClNO2. The number of carboxylic acid groups (broad SMARTS) is 1. The molecule has 1 aliphatic carbocycles. The van der Waals surface area contributed by atoms with Crippen LogP contribution >= 0.6 is 12.4 Å². The van der Waals surface area contributed by atoms with Crippen LogP contribution in [-0.4, -0.2) is 24.2 Å². The lowest BCUT2D eigenvalue weighted by molar-refractivity contribution is -0.137. The van der Waals surface area contributed by atoms with Gasteiger partial charge in [-0.15, -0.1) is 12.4 Å². The molecular weight excluding hydrogens is 262 g/mol. The Morgan fingerprint density at radius 3 is 2.68 bits per heavy atom. The highest BCUT2D eigenvalue weighted by molar-refractivity contribution is 5.85. The molecule has 1 aromatic rings. The fourth-order valence-electron chi connectivity index (χ4n) is 3.80. The third kappa shape index (κ3) is 2.49. The first-order valence-corrected chi connectivity index (χ1v) is 6.73. The molecule has 3 nitrogen and oxygen atoms in total. The second-order valence-corrected chi connectivity index (χ2v) is 5.62. The molecule has 0 radical (unpaired) electrons. The minimum Gasteiger partial charge on any atom is -0.481 e. The zero-order chi connectivity index (χ0) is 12.6. The second-order valence-electron chi connectivity index (χ2n) is 5.62. The Morgan fingerprint density at radius 2 is 2.00 bits per heavy atom. The van der Waals surface area contributed by atoms with Gasteiger partial charge in [0, 0.05) is 0 Å². The van der Waals surface area contributed by atoms with Crippen molar-refractivity contribution in [2.75, 3.05) is 13.1 Å². The van der Waals surface area contributed by atoms with E-state index >= 15 is 0 Å². The van der Waals surface area contributed by atoms with Crippen molar-refractivity contribution >= 4 is 18.4 Å². The van der Waals surface area contributed by atoms with Gasteiger partial charge >= 0.3 is 5.97 Å². The highest BCUT2D eigenvalue weighted by Gasteiger charge is 2.44. The van der Waals surface area contributed by atoms with Gasteiger partial charge in [0.15, 0.2) is 0 Å². The first-order chi connectivity index (χ1) is 8.71. The van der Waals surface area contributed by atoms with Crippen LogP contribution in [0.25, 0.3) is 0 Å². The molecule has 19 heavy (non-hydrogen) atoms. The molecule has 2 aliphatic rings. The van der Waals surface area contributed by atoms with E-state index in [4.69, 9.17) is 5.11 Å². The SMILES string of the molecule is Cl.O=C(O)CC1CC2(CCNCC2)c2ccccc21. The van der Waals surface area contributed by atoms with Crippen molar-refractivity contribution in [3.8, 4) is 0 Å². The number of aliphatic carboxylic acids is 1. The fourth-order valence-corrected chi connectivity index (χ4v) is 3.80. The van der Waals surface area contributed by atoms with E-state index in [9.17, 15) is 4.79 Å². The Morgan fingerprint density at radius 1 is 1.32 bits per heavy atom. The van der Waals surface area contributed by atoms with Crippen LogP contribution in [0.3, 0.4) is 0 Å². The molecule has 4 heteroatoms. The van der Waals surface area contributed by atoms with Crippen molar-refractivity contribution in [3.63, 3.8) is 0 Å². The Hall–Kier alpha value is -1.06. The Balaban J connectivity index is 0.00000133. The molecule has 2 N–H and O–H groups in total. The van der Waals surface area contributed by atoms with Crippen molar-refractivity contribution in [1.82, 2.24) is 5.32 Å². The molecule has 1 saturated heterocycles. The predicted octanol–water partition coefficient (Wildman–Crippen LogP) is 2.69. The quantitative estimate of drug-likeness (QED) is 0.876. The fraction of sp³-hybridized carbons (Fsp3) is 0.533. The van der Waals surface area contributed by atoms with Crippen LogP contribution in [0.5, 0.6) is 0 Å². The van der Waals surface area contributed by atoms with Gasteiger partial charge < -0.3 is 10.4 Å². The second kappa shape index (κ2) is 5.51. The summed E-state index contributed by atoms with van der Waals surface area (Å²) in [4.78, 5) is 11.0. The van der Waals surface area contributed by atoms with Crippen LogP contribution in [0.4, 0.5) is 0 Å². The van der Waals surface area contributed by atoms with E-state index < -0.39 is 5.97 Å². The number of fused-ring (bicyclic) bond motifs is 2. The van der Waals surface area contributed by atoms with Crippen LogP contribution in [0.2, 0.25) is 0 Å². The van der Waals surface area contributed by atoms with E-state index in [1.165, 1.54) is 11.1 Å². The van der Waals surface area contributed by atoms with E-state index in [0.29, 0.717) is 0 Å². The summed E-state index contributed by atoms with van der Waals surface area (Å²) < 4.78 is 0. The molecule has 0 bridgehead atoms. The minimum atomic E-state index is -0.680. The summed E-state index contributed by atoms with van der Waals surface area (Å²) in [6.45, 7) is 2.10. The van der Waals surface area contributed by atoms with E-state index in [2.05, 4.69) is 23.5 Å². The highest BCUT2D eigenvalue weighted by Crippen LogP contribution is 2.51. The zero-order valence-electron chi connectivity index (χ0n) is 10.9. The van der Waals surface area contributed by atoms with E-state index in [0.717, 1.165) is 32.4 Å². The molecule has 0 aromatic heterocycles. The van der Waals surface area contributed by atoms with Crippen molar-refractivity contribution < 1.29 is 9.90 Å². The maximum atomic E-state index is 11.0. The molecule has 1 atom stereocenters. The first-order valence-electron chi connectivity index (χ1n) is 6.73. The van der Waals surface area contributed by atoms with Crippen molar-refractivity contribution in [3.05, 3.63) is 35.4 Å². The van der Waals surface area contributed by atoms with Gasteiger partial charge in [-0.2, -0.15) is 0 Å². The van der Waals surface area contributed by atoms with Gasteiger partial charge in [-0.1, -0.05) is 24.3 Å². The Bertz CT molecular complexity index is 469. The van der Waals surface area contributed by atoms with Gasteiger partial charge in [-0.25, -0.2) is 0 Å². The molecule has 3 rings (SSSR count). The molecule has 1 unspecified atom stereocenters. The molecule has 1 heterocycles. The molecule has 1 spiro atoms. The number of hydrogen-bond acceptors (Lipinski definition) is 2. The van der Waals surface area contributed by atoms with E-state index in [1.807, 2.05) is 6.07 Å². The lowest BCUT2D eigenvalue weighted by Gasteiger charge is -2.35. The zero-order valence-corrected chi connectivity index (χ0v) is 11.7. The Kier molecular flexibility index (Phi) is 4.16. The molecule has 104 valence electrons. The summed E-state index contributed by atoms with van der Waals surface area (Å²) in [6, 6.07) is 8.46. The van der Waals surface area contributed by atoms with Crippen LogP contribution in [-0.2, 0) is 10.2 Å². The van der Waals surface area contributed by atoms with E-state index in [-0.39, 0.29) is 30.2 Å². The summed E-state index contributed by atoms with van der Waals surface area (Å²) in [7, 11) is 0. The number of rotatable bonds is 2. The predicted molar refractivity (Wildman–Crippen MR) is 77.1 cm³/mol. The van der Waals surface area contributed by atoms with Gasteiger partial charge in [-0.05, 0) is 54.8 Å². The lowest BCUT2D eigenvalue weighted by Crippen LogP contribution is -2.38. The number of carboxylic acids is 1. The van der Waals surface area contributed by atoms with Crippen molar-refractivity contribution in [2.45, 2.75) is 37.0 Å². The van der Waals surface area contributed by atoms with Gasteiger partial charge in [0.05, 0.1) is 6.42 Å². The monoisotopic (exact) mass is 281 g/mol. The third-order valence-electron chi connectivity index (χ3n) is 4.59. The lowest BCUT2D eigenvalue weighted by atomic mass is 9.74. The van der Waals surface area contributed by atoms with Crippen molar-refractivity contribution in [2.24, 2.45) is 0 Å². The number of halogens is 1. The van der Waals surface area contributed by atoms with Gasteiger partial charge in [0.25, 0.3) is 0 Å². The first kappa shape index (κ1) is 14.4. The van der Waals surface area contributed by atoms with E-state index in [1.54, 1.807) is 0 Å². The summed E-state index contributed by atoms with van der Waals surface area (Å²) >= 11 is 0. The average molecular weight is 282 g/mol. The number of carbonyl (C=O) groups is 1. The smallest absolute Gasteiger partial charge is 0.303 e. The summed E-state index contributed by atoms with van der Waals surface area (Å²) in [5.41, 5.74) is 2.93. The van der Waals surface area contributed by atoms with Crippen LogP contribution in [0, 0.1) is 0 Å². The normalized spacial score (nSPS) is 23.7. The topological polar surface area (TPSA) is 49.3 Å². The molecule has 0 amide bonds. The van der Waals surface area contributed by atoms with Gasteiger partial charge in [0.2, 0.25) is 0 Å². The number of hydrogen-bond donors (Lipinski definition) is 2. The van der Waals surface area contributed by atoms with Crippen LogP contribution in [0.1, 0.15) is 42.7 Å². The standard InChI is InChI=1S/C15H19NO2.ClH/c17-14(18)9-11-10-15(5-7-16-8-6-15)13-4-2-1-3-12(11)13;/h1-4,11,16H,5-10H2,(H,17,18);1H. The highest BCUT2D eigenvalue weighted by atomic mass is 35.5. The largest absolute Gasteiger partial charge is 0.481 e. The van der Waals surface area contributed by atoms with Gasteiger partial charge in [-0.3, -0.25) is 4.79 Å². The maximum Gasteiger partial charge on any atom is 0.303 e. The average Bonchev–Trinajstić information content (AvgIpc) is 2.65. The Labute approximate surface area is 119 Å². The number of nitrogens with one attached hydrogen (secondary N) is 1. The minimum absolute atomic E-state index is 0.